The smallest absolute Gasteiger partial charge is 0.317 e. The second-order valence-corrected chi connectivity index (χ2v) is 7.23. The van der Waals surface area contributed by atoms with E-state index in [-0.39, 0.29) is 11.7 Å². The van der Waals surface area contributed by atoms with Crippen molar-refractivity contribution in [3.05, 3.63) is 41.7 Å². The SMILES string of the molecule is Cc1cc(C)nc(SCC(=O)OC(C)C(=O)Nc2ccc(N(C)C)cc2)n1. The number of aromatic nitrogens is 2. The quantitative estimate of drug-likeness (QED) is 0.443. The zero-order chi connectivity index (χ0) is 20.0. The summed E-state index contributed by atoms with van der Waals surface area (Å²) in [5.74, 6) is -0.833. The molecule has 0 spiro atoms. The topological polar surface area (TPSA) is 84.4 Å². The summed E-state index contributed by atoms with van der Waals surface area (Å²) in [5.41, 5.74) is 3.35. The highest BCUT2D eigenvalue weighted by Gasteiger charge is 2.18. The van der Waals surface area contributed by atoms with Crippen LogP contribution in [0.1, 0.15) is 18.3 Å². The van der Waals surface area contributed by atoms with E-state index < -0.39 is 12.1 Å². The van der Waals surface area contributed by atoms with Gasteiger partial charge in [0.25, 0.3) is 5.91 Å². The van der Waals surface area contributed by atoms with Crippen molar-refractivity contribution in [2.75, 3.05) is 30.1 Å². The van der Waals surface area contributed by atoms with Crippen molar-refractivity contribution in [1.82, 2.24) is 9.97 Å². The largest absolute Gasteiger partial charge is 0.452 e. The van der Waals surface area contributed by atoms with Crippen molar-refractivity contribution >= 4 is 35.0 Å². The molecule has 2 aromatic rings. The number of thioether (sulfide) groups is 1. The predicted molar refractivity (Wildman–Crippen MR) is 107 cm³/mol. The molecule has 1 aromatic carbocycles. The van der Waals surface area contributed by atoms with Gasteiger partial charge >= 0.3 is 5.97 Å². The summed E-state index contributed by atoms with van der Waals surface area (Å²) in [7, 11) is 3.88. The molecule has 1 amide bonds. The van der Waals surface area contributed by atoms with Crippen LogP contribution in [0.15, 0.2) is 35.5 Å². The van der Waals surface area contributed by atoms with Gasteiger partial charge in [0.2, 0.25) is 0 Å². The molecule has 0 radical (unpaired) electrons. The van der Waals surface area contributed by atoms with Gasteiger partial charge in [-0.1, -0.05) is 11.8 Å². The molecule has 144 valence electrons. The third kappa shape index (κ3) is 6.56. The molecule has 27 heavy (non-hydrogen) atoms. The first kappa shape index (κ1) is 20.7. The van der Waals surface area contributed by atoms with Crippen LogP contribution in [0.5, 0.6) is 0 Å². The maximum absolute atomic E-state index is 12.2. The number of hydrogen-bond donors (Lipinski definition) is 1. The van der Waals surface area contributed by atoms with Crippen LogP contribution in [0, 0.1) is 13.8 Å². The summed E-state index contributed by atoms with van der Waals surface area (Å²) in [6.07, 6.45) is -0.896. The summed E-state index contributed by atoms with van der Waals surface area (Å²) < 4.78 is 5.19. The van der Waals surface area contributed by atoms with Crippen LogP contribution in [-0.4, -0.2) is 47.8 Å². The predicted octanol–water partition coefficient (Wildman–Crippen LogP) is 2.82. The number of benzene rings is 1. The number of esters is 1. The van der Waals surface area contributed by atoms with Gasteiger partial charge in [-0.05, 0) is 51.1 Å². The molecule has 0 aliphatic rings. The van der Waals surface area contributed by atoms with E-state index in [2.05, 4.69) is 15.3 Å². The molecule has 1 unspecified atom stereocenters. The normalized spacial score (nSPS) is 11.6. The van der Waals surface area contributed by atoms with Crippen LogP contribution >= 0.6 is 11.8 Å². The maximum Gasteiger partial charge on any atom is 0.317 e. The van der Waals surface area contributed by atoms with Gasteiger partial charge in [0.05, 0.1) is 5.75 Å². The minimum absolute atomic E-state index is 0.0397. The van der Waals surface area contributed by atoms with Crippen molar-refractivity contribution in [1.29, 1.82) is 0 Å². The Morgan fingerprint density at radius 2 is 1.74 bits per heavy atom. The van der Waals surface area contributed by atoms with Crippen LogP contribution in [0.4, 0.5) is 11.4 Å². The zero-order valence-electron chi connectivity index (χ0n) is 16.1. The van der Waals surface area contributed by atoms with Crippen molar-refractivity contribution in [2.45, 2.75) is 32.0 Å². The first-order valence-electron chi connectivity index (χ1n) is 8.47. The van der Waals surface area contributed by atoms with Gasteiger partial charge in [0, 0.05) is 36.9 Å². The van der Waals surface area contributed by atoms with Crippen molar-refractivity contribution in [2.24, 2.45) is 0 Å². The third-order valence-corrected chi connectivity index (χ3v) is 4.43. The van der Waals surface area contributed by atoms with Crippen LogP contribution in [0.3, 0.4) is 0 Å². The molecule has 1 heterocycles. The number of rotatable bonds is 7. The molecule has 0 saturated carbocycles. The summed E-state index contributed by atoms with van der Waals surface area (Å²) in [6, 6.07) is 9.25. The van der Waals surface area contributed by atoms with Gasteiger partial charge in [-0.2, -0.15) is 0 Å². The Morgan fingerprint density at radius 1 is 1.15 bits per heavy atom. The highest BCUT2D eigenvalue weighted by molar-refractivity contribution is 7.99. The standard InChI is InChI=1S/C19H24N4O3S/c1-12-10-13(2)21-19(20-12)27-11-17(24)26-14(3)18(25)22-15-6-8-16(9-7-15)23(4)5/h6-10,14H,11H2,1-5H3,(H,22,25). The molecule has 1 atom stereocenters. The molecule has 1 aromatic heterocycles. The molecule has 8 heteroatoms. The van der Waals surface area contributed by atoms with Crippen molar-refractivity contribution in [3.63, 3.8) is 0 Å². The summed E-state index contributed by atoms with van der Waals surface area (Å²) in [5, 5.41) is 3.25. The Morgan fingerprint density at radius 3 is 2.30 bits per heavy atom. The maximum atomic E-state index is 12.2. The lowest BCUT2D eigenvalue weighted by Gasteiger charge is -2.15. The van der Waals surface area contributed by atoms with E-state index in [1.165, 1.54) is 11.8 Å². The number of aryl methyl sites for hydroxylation is 2. The van der Waals surface area contributed by atoms with Crippen LogP contribution in [-0.2, 0) is 14.3 Å². The number of nitrogens with one attached hydrogen (secondary N) is 1. The van der Waals surface area contributed by atoms with E-state index in [1.54, 1.807) is 19.1 Å². The Bertz CT molecular complexity index is 789. The van der Waals surface area contributed by atoms with Gasteiger partial charge in [-0.3, -0.25) is 9.59 Å². The minimum Gasteiger partial charge on any atom is -0.452 e. The Labute approximate surface area is 163 Å². The van der Waals surface area contributed by atoms with Crippen molar-refractivity contribution in [3.8, 4) is 0 Å². The summed E-state index contributed by atoms with van der Waals surface area (Å²) in [4.78, 5) is 34.7. The first-order valence-corrected chi connectivity index (χ1v) is 9.46. The van der Waals surface area contributed by atoms with Crippen LogP contribution < -0.4 is 10.2 Å². The molecule has 0 saturated heterocycles. The number of carbonyl (C=O) groups is 2. The summed E-state index contributed by atoms with van der Waals surface area (Å²) in [6.45, 7) is 5.28. The van der Waals surface area contributed by atoms with Gasteiger partial charge in [0.15, 0.2) is 11.3 Å². The van der Waals surface area contributed by atoms with Gasteiger partial charge < -0.3 is 15.0 Å². The number of carbonyl (C=O) groups excluding carboxylic acids is 2. The lowest BCUT2D eigenvalue weighted by Crippen LogP contribution is -2.30. The van der Waals surface area contributed by atoms with Crippen molar-refractivity contribution < 1.29 is 14.3 Å². The molecular weight excluding hydrogens is 364 g/mol. The lowest BCUT2D eigenvalue weighted by molar-refractivity contribution is -0.150. The van der Waals surface area contributed by atoms with E-state index >= 15 is 0 Å². The molecule has 2 rings (SSSR count). The number of amides is 1. The Kier molecular flexibility index (Phi) is 7.18. The van der Waals surface area contributed by atoms with Gasteiger partial charge in [-0.25, -0.2) is 9.97 Å². The fourth-order valence-electron chi connectivity index (χ4n) is 2.25. The molecule has 0 aliphatic heterocycles. The number of anilines is 2. The van der Waals surface area contributed by atoms with E-state index in [9.17, 15) is 9.59 Å². The second kappa shape index (κ2) is 9.36. The molecule has 7 nitrogen and oxygen atoms in total. The average molecular weight is 388 g/mol. The summed E-state index contributed by atoms with van der Waals surface area (Å²) >= 11 is 1.19. The molecule has 1 N–H and O–H groups in total. The Hall–Kier alpha value is -2.61. The minimum atomic E-state index is -0.896. The average Bonchev–Trinajstić information content (AvgIpc) is 2.59. The molecule has 0 bridgehead atoms. The van der Waals surface area contributed by atoms with E-state index in [4.69, 9.17) is 4.74 Å². The zero-order valence-corrected chi connectivity index (χ0v) is 17.0. The van der Waals surface area contributed by atoms with E-state index in [0.717, 1.165) is 17.1 Å². The lowest BCUT2D eigenvalue weighted by atomic mass is 10.2. The van der Waals surface area contributed by atoms with E-state index in [0.29, 0.717) is 10.8 Å². The van der Waals surface area contributed by atoms with E-state index in [1.807, 2.05) is 51.0 Å². The molecular formula is C19H24N4O3S. The van der Waals surface area contributed by atoms with Crippen LogP contribution in [0.25, 0.3) is 0 Å². The molecule has 0 aliphatic carbocycles. The fourth-order valence-corrected chi connectivity index (χ4v) is 2.99. The first-order chi connectivity index (χ1) is 12.7. The highest BCUT2D eigenvalue weighted by atomic mass is 32.2. The third-order valence-electron chi connectivity index (χ3n) is 3.61. The van der Waals surface area contributed by atoms with Gasteiger partial charge in [-0.15, -0.1) is 0 Å². The number of nitrogens with zero attached hydrogens (tertiary/aromatic N) is 3. The van der Waals surface area contributed by atoms with Crippen LogP contribution in [0.2, 0.25) is 0 Å². The highest BCUT2D eigenvalue weighted by Crippen LogP contribution is 2.17. The number of ether oxygens (including phenoxy) is 1. The number of hydrogen-bond acceptors (Lipinski definition) is 7. The molecule has 0 fully saturated rings. The monoisotopic (exact) mass is 388 g/mol. The Balaban J connectivity index is 1.83. The second-order valence-electron chi connectivity index (χ2n) is 6.28. The van der Waals surface area contributed by atoms with Gasteiger partial charge in [0.1, 0.15) is 0 Å². The fraction of sp³-hybridized carbons (Fsp3) is 0.368.